The number of benzene rings is 2. The second kappa shape index (κ2) is 7.51. The molecule has 1 N–H and O–H groups in total. The lowest BCUT2D eigenvalue weighted by Crippen LogP contribution is -2.51. The van der Waals surface area contributed by atoms with Crippen molar-refractivity contribution in [2.24, 2.45) is 0 Å². The van der Waals surface area contributed by atoms with Gasteiger partial charge in [0.2, 0.25) is 0 Å². The minimum atomic E-state index is -4.60. The van der Waals surface area contributed by atoms with Crippen molar-refractivity contribution in [3.63, 3.8) is 0 Å². The van der Waals surface area contributed by atoms with Crippen LogP contribution in [0.3, 0.4) is 0 Å². The number of hydrogen-bond donors (Lipinski definition) is 1. The fourth-order valence-corrected chi connectivity index (χ4v) is 4.36. The number of carbonyl (C=O) groups excluding carboxylic acids is 1. The number of sulfonamides is 1. The second-order valence-electron chi connectivity index (χ2n) is 5.95. The summed E-state index contributed by atoms with van der Waals surface area (Å²) in [5, 5.41) is 2.63. The van der Waals surface area contributed by atoms with Crippen LogP contribution in [0, 0.1) is 11.6 Å². The third-order valence-corrected chi connectivity index (χ3v) is 5.88. The molecular weight excluding hydrogens is 378 g/mol. The monoisotopic (exact) mass is 396 g/mol. The van der Waals surface area contributed by atoms with E-state index >= 15 is 0 Å². The van der Waals surface area contributed by atoms with Crippen LogP contribution in [-0.2, 0) is 14.8 Å². The number of nitrogens with one attached hydrogen (secondary N) is 1. The molecule has 1 amide bonds. The van der Waals surface area contributed by atoms with E-state index in [1.807, 2.05) is 6.92 Å². The number of ether oxygens (including phenoxy) is 1. The van der Waals surface area contributed by atoms with Gasteiger partial charge in [0.1, 0.15) is 17.4 Å². The number of fused-ring (bicyclic) bond motifs is 1. The molecule has 3 rings (SSSR count). The Labute approximate surface area is 155 Å². The minimum absolute atomic E-state index is 0.111. The number of rotatable bonds is 5. The van der Waals surface area contributed by atoms with Crippen LogP contribution in [0.25, 0.3) is 0 Å². The molecule has 0 aromatic heterocycles. The predicted octanol–water partition coefficient (Wildman–Crippen LogP) is 2.45. The zero-order valence-electron chi connectivity index (χ0n) is 14.5. The molecule has 0 aliphatic carbocycles. The SMILES string of the molecule is CCCNC(=O)[C@H]1CN(S(=O)(=O)c2c(F)cccc2F)c2ccccc2O1. The zero-order chi connectivity index (χ0) is 19.6. The molecule has 27 heavy (non-hydrogen) atoms. The van der Waals surface area contributed by atoms with Crippen LogP contribution in [0.15, 0.2) is 47.4 Å². The van der Waals surface area contributed by atoms with Crippen LogP contribution in [0.5, 0.6) is 5.75 Å². The molecule has 0 spiro atoms. The molecule has 0 radical (unpaired) electrons. The highest BCUT2D eigenvalue weighted by Gasteiger charge is 2.39. The number of nitrogens with zero attached hydrogens (tertiary/aromatic N) is 1. The third-order valence-electron chi connectivity index (χ3n) is 4.04. The van der Waals surface area contributed by atoms with Crippen LogP contribution in [-0.4, -0.2) is 33.5 Å². The summed E-state index contributed by atoms with van der Waals surface area (Å²) in [4.78, 5) is 11.2. The van der Waals surface area contributed by atoms with Gasteiger partial charge in [-0.2, -0.15) is 0 Å². The molecule has 2 aromatic rings. The van der Waals surface area contributed by atoms with Crippen molar-refractivity contribution in [1.82, 2.24) is 5.32 Å². The van der Waals surface area contributed by atoms with Gasteiger partial charge in [0, 0.05) is 6.54 Å². The van der Waals surface area contributed by atoms with E-state index in [2.05, 4.69) is 5.32 Å². The molecule has 1 aliphatic heterocycles. The van der Waals surface area contributed by atoms with E-state index in [1.54, 1.807) is 12.1 Å². The van der Waals surface area contributed by atoms with Crippen molar-refractivity contribution in [1.29, 1.82) is 0 Å². The highest BCUT2D eigenvalue weighted by molar-refractivity contribution is 7.92. The first-order valence-electron chi connectivity index (χ1n) is 8.36. The van der Waals surface area contributed by atoms with Crippen molar-refractivity contribution in [3.05, 3.63) is 54.1 Å². The molecule has 9 heteroatoms. The highest BCUT2D eigenvalue weighted by atomic mass is 32.2. The van der Waals surface area contributed by atoms with Gasteiger partial charge in [0.15, 0.2) is 11.0 Å². The normalized spacial score (nSPS) is 16.4. The lowest BCUT2D eigenvalue weighted by atomic mass is 10.2. The maximum atomic E-state index is 14.1. The van der Waals surface area contributed by atoms with Gasteiger partial charge in [-0.25, -0.2) is 17.2 Å². The summed E-state index contributed by atoms with van der Waals surface area (Å²) in [5.41, 5.74) is 0.111. The Morgan fingerprint density at radius 2 is 1.85 bits per heavy atom. The zero-order valence-corrected chi connectivity index (χ0v) is 15.3. The molecule has 1 aliphatic rings. The summed E-state index contributed by atoms with van der Waals surface area (Å²) in [6.07, 6.45) is -0.451. The van der Waals surface area contributed by atoms with Gasteiger partial charge in [0.05, 0.1) is 12.2 Å². The van der Waals surface area contributed by atoms with Gasteiger partial charge in [-0.05, 0) is 30.7 Å². The van der Waals surface area contributed by atoms with E-state index < -0.39 is 45.1 Å². The minimum Gasteiger partial charge on any atom is -0.476 e. The Bertz CT molecular complexity index is 945. The molecule has 0 saturated heterocycles. The fourth-order valence-electron chi connectivity index (χ4n) is 2.77. The number of anilines is 1. The first-order chi connectivity index (χ1) is 12.9. The molecule has 1 atom stereocenters. The first kappa shape index (κ1) is 19.1. The van der Waals surface area contributed by atoms with Gasteiger partial charge in [-0.3, -0.25) is 9.10 Å². The van der Waals surface area contributed by atoms with Crippen molar-refractivity contribution in [2.45, 2.75) is 24.3 Å². The maximum absolute atomic E-state index is 14.1. The Morgan fingerprint density at radius 3 is 2.52 bits per heavy atom. The van der Waals surface area contributed by atoms with Gasteiger partial charge in [-0.15, -0.1) is 0 Å². The van der Waals surface area contributed by atoms with Crippen LogP contribution >= 0.6 is 0 Å². The fraction of sp³-hybridized carbons (Fsp3) is 0.278. The van der Waals surface area contributed by atoms with Gasteiger partial charge < -0.3 is 10.1 Å². The summed E-state index contributed by atoms with van der Waals surface area (Å²) >= 11 is 0. The van der Waals surface area contributed by atoms with E-state index in [-0.39, 0.29) is 11.4 Å². The summed E-state index contributed by atoms with van der Waals surface area (Å²) < 4.78 is 60.8. The van der Waals surface area contributed by atoms with Crippen molar-refractivity contribution < 1.29 is 26.7 Å². The maximum Gasteiger partial charge on any atom is 0.270 e. The van der Waals surface area contributed by atoms with Gasteiger partial charge >= 0.3 is 0 Å². The summed E-state index contributed by atoms with van der Waals surface area (Å²) in [6.45, 7) is 1.87. The Hall–Kier alpha value is -2.68. The number of carbonyl (C=O) groups is 1. The lowest BCUT2D eigenvalue weighted by molar-refractivity contribution is -0.127. The van der Waals surface area contributed by atoms with Crippen LogP contribution in [0.2, 0.25) is 0 Å². The third kappa shape index (κ3) is 3.59. The van der Waals surface area contributed by atoms with Crippen molar-refractivity contribution in [3.8, 4) is 5.75 Å². The molecule has 6 nitrogen and oxygen atoms in total. The Morgan fingerprint density at radius 1 is 1.19 bits per heavy atom. The molecule has 0 fully saturated rings. The summed E-state index contributed by atoms with van der Waals surface area (Å²) in [7, 11) is -4.60. The molecule has 1 heterocycles. The number of amides is 1. The van der Waals surface area contributed by atoms with Crippen LogP contribution in [0.1, 0.15) is 13.3 Å². The standard InChI is InChI=1S/C18H18F2N2O4S/c1-2-10-21-18(23)16-11-22(14-8-3-4-9-15(14)26-16)27(24,25)17-12(19)6-5-7-13(17)20/h3-9,16H,2,10-11H2,1H3,(H,21,23)/t16-/m1/s1. The largest absolute Gasteiger partial charge is 0.476 e. The van der Waals surface area contributed by atoms with E-state index in [0.29, 0.717) is 13.0 Å². The number of hydrogen-bond acceptors (Lipinski definition) is 4. The van der Waals surface area contributed by atoms with Gasteiger partial charge in [0.25, 0.3) is 15.9 Å². The predicted molar refractivity (Wildman–Crippen MR) is 95.0 cm³/mol. The molecule has 0 saturated carbocycles. The summed E-state index contributed by atoms with van der Waals surface area (Å²) in [5.74, 6) is -2.77. The second-order valence-corrected chi connectivity index (χ2v) is 7.75. The Kier molecular flexibility index (Phi) is 5.31. The van der Waals surface area contributed by atoms with Crippen molar-refractivity contribution >= 4 is 21.6 Å². The van der Waals surface area contributed by atoms with Crippen LogP contribution in [0.4, 0.5) is 14.5 Å². The van der Waals surface area contributed by atoms with E-state index in [4.69, 9.17) is 4.74 Å². The smallest absolute Gasteiger partial charge is 0.270 e. The van der Waals surface area contributed by atoms with Crippen LogP contribution < -0.4 is 14.4 Å². The molecule has 0 unspecified atom stereocenters. The number of para-hydroxylation sites is 2. The van der Waals surface area contributed by atoms with E-state index in [0.717, 1.165) is 22.5 Å². The van der Waals surface area contributed by atoms with E-state index in [1.165, 1.54) is 12.1 Å². The van der Waals surface area contributed by atoms with Gasteiger partial charge in [-0.1, -0.05) is 25.1 Å². The molecule has 2 aromatic carbocycles. The molecule has 144 valence electrons. The average molecular weight is 396 g/mol. The summed E-state index contributed by atoms with van der Waals surface area (Å²) in [6, 6.07) is 8.94. The average Bonchev–Trinajstić information content (AvgIpc) is 2.64. The highest BCUT2D eigenvalue weighted by Crippen LogP contribution is 2.37. The quantitative estimate of drug-likeness (QED) is 0.842. The van der Waals surface area contributed by atoms with Crippen molar-refractivity contribution in [2.75, 3.05) is 17.4 Å². The molecular formula is C18H18F2N2O4S. The van der Waals surface area contributed by atoms with E-state index in [9.17, 15) is 22.0 Å². The molecule has 0 bridgehead atoms. The topological polar surface area (TPSA) is 75.7 Å². The number of halogens is 2. The Balaban J connectivity index is 2.06. The first-order valence-corrected chi connectivity index (χ1v) is 9.80. The lowest BCUT2D eigenvalue weighted by Gasteiger charge is -2.34.